The van der Waals surface area contributed by atoms with Gasteiger partial charge in [-0.1, -0.05) is 27.7 Å². The molecule has 0 radical (unpaired) electrons. The van der Waals surface area contributed by atoms with E-state index < -0.39 is 0 Å². The Bertz CT molecular complexity index is 170. The van der Waals surface area contributed by atoms with Crippen molar-refractivity contribution in [2.75, 3.05) is 20.3 Å². The van der Waals surface area contributed by atoms with Gasteiger partial charge in [-0.3, -0.25) is 4.90 Å². The molecule has 1 heterocycles. The Morgan fingerprint density at radius 3 is 2.21 bits per heavy atom. The topological polar surface area (TPSA) is 12.5 Å². The Morgan fingerprint density at radius 2 is 1.93 bits per heavy atom. The Kier molecular flexibility index (Phi) is 3.96. The number of likely N-dealkylation sites (N-methyl/N-ethyl adjacent to an activating group) is 1. The summed E-state index contributed by atoms with van der Waals surface area (Å²) in [6, 6.07) is 1.38. The summed E-state index contributed by atoms with van der Waals surface area (Å²) in [5.41, 5.74) is 0.430. The van der Waals surface area contributed by atoms with E-state index in [9.17, 15) is 0 Å². The minimum atomic E-state index is 0.430. The molecular weight excluding hydrogens is 174 g/mol. The second-order valence-electron chi connectivity index (χ2n) is 5.68. The van der Waals surface area contributed by atoms with Crippen molar-refractivity contribution < 1.29 is 4.74 Å². The van der Waals surface area contributed by atoms with Crippen molar-refractivity contribution in [3.63, 3.8) is 0 Å². The predicted molar refractivity (Wildman–Crippen MR) is 60.5 cm³/mol. The molecule has 0 N–H and O–H groups in total. The van der Waals surface area contributed by atoms with E-state index >= 15 is 0 Å². The van der Waals surface area contributed by atoms with Gasteiger partial charge in [0.1, 0.15) is 0 Å². The van der Waals surface area contributed by atoms with Gasteiger partial charge >= 0.3 is 0 Å². The first-order valence-corrected chi connectivity index (χ1v) is 5.73. The van der Waals surface area contributed by atoms with Crippen LogP contribution in [-0.4, -0.2) is 37.2 Å². The molecule has 0 amide bonds. The second-order valence-corrected chi connectivity index (χ2v) is 5.68. The van der Waals surface area contributed by atoms with Gasteiger partial charge in [0.25, 0.3) is 0 Å². The Morgan fingerprint density at radius 1 is 1.36 bits per heavy atom. The molecule has 1 rings (SSSR count). The molecule has 0 bridgehead atoms. The van der Waals surface area contributed by atoms with E-state index in [-0.39, 0.29) is 0 Å². The van der Waals surface area contributed by atoms with Crippen LogP contribution in [0.3, 0.4) is 0 Å². The summed E-state index contributed by atoms with van der Waals surface area (Å²) in [6.07, 6.45) is 2.51. The SMILES string of the molecule is CC[C@@H](CC(C)(C)C)N(C)C1COC1. The zero-order valence-electron chi connectivity index (χ0n) is 10.3. The molecule has 2 nitrogen and oxygen atoms in total. The molecule has 0 aromatic rings. The smallest absolute Gasteiger partial charge is 0.0645 e. The average molecular weight is 199 g/mol. The molecule has 1 saturated heterocycles. The zero-order valence-corrected chi connectivity index (χ0v) is 10.3. The van der Waals surface area contributed by atoms with Crippen molar-refractivity contribution in [1.82, 2.24) is 4.90 Å². The quantitative estimate of drug-likeness (QED) is 0.690. The molecule has 0 aromatic carbocycles. The number of rotatable bonds is 4. The van der Waals surface area contributed by atoms with Crippen molar-refractivity contribution in [3.05, 3.63) is 0 Å². The minimum Gasteiger partial charge on any atom is -0.378 e. The fourth-order valence-electron chi connectivity index (χ4n) is 2.04. The van der Waals surface area contributed by atoms with Crippen LogP contribution < -0.4 is 0 Å². The van der Waals surface area contributed by atoms with Gasteiger partial charge in [-0.2, -0.15) is 0 Å². The molecule has 1 aliphatic rings. The predicted octanol–water partition coefficient (Wildman–Crippen LogP) is 2.53. The first-order valence-electron chi connectivity index (χ1n) is 5.73. The minimum absolute atomic E-state index is 0.430. The van der Waals surface area contributed by atoms with Gasteiger partial charge in [-0.05, 0) is 25.3 Å². The number of nitrogens with zero attached hydrogens (tertiary/aromatic N) is 1. The van der Waals surface area contributed by atoms with Crippen LogP contribution in [0.25, 0.3) is 0 Å². The van der Waals surface area contributed by atoms with E-state index in [1.165, 1.54) is 12.8 Å². The molecule has 0 aliphatic carbocycles. The van der Waals surface area contributed by atoms with Gasteiger partial charge in [0, 0.05) is 6.04 Å². The Labute approximate surface area is 88.6 Å². The van der Waals surface area contributed by atoms with E-state index in [4.69, 9.17) is 4.74 Å². The molecule has 2 heteroatoms. The van der Waals surface area contributed by atoms with Crippen molar-refractivity contribution >= 4 is 0 Å². The Balaban J connectivity index is 2.43. The first-order chi connectivity index (χ1) is 6.44. The average Bonchev–Trinajstić information content (AvgIpc) is 1.94. The maximum atomic E-state index is 5.24. The van der Waals surface area contributed by atoms with Crippen molar-refractivity contribution in [1.29, 1.82) is 0 Å². The molecule has 0 spiro atoms. The van der Waals surface area contributed by atoms with Crippen LogP contribution in [0.4, 0.5) is 0 Å². The maximum Gasteiger partial charge on any atom is 0.0645 e. The van der Waals surface area contributed by atoms with E-state index in [1.807, 2.05) is 0 Å². The molecule has 0 unspecified atom stereocenters. The van der Waals surface area contributed by atoms with Crippen LogP contribution in [0.5, 0.6) is 0 Å². The van der Waals surface area contributed by atoms with Crippen LogP contribution in [0.2, 0.25) is 0 Å². The molecule has 0 aromatic heterocycles. The van der Waals surface area contributed by atoms with Crippen LogP contribution >= 0.6 is 0 Å². The van der Waals surface area contributed by atoms with E-state index in [0.717, 1.165) is 13.2 Å². The summed E-state index contributed by atoms with van der Waals surface area (Å²) in [5, 5.41) is 0. The van der Waals surface area contributed by atoms with Gasteiger partial charge in [-0.15, -0.1) is 0 Å². The highest BCUT2D eigenvalue weighted by atomic mass is 16.5. The van der Waals surface area contributed by atoms with Gasteiger partial charge in [0.2, 0.25) is 0 Å². The summed E-state index contributed by atoms with van der Waals surface area (Å²) >= 11 is 0. The van der Waals surface area contributed by atoms with Crippen molar-refractivity contribution in [2.24, 2.45) is 5.41 Å². The lowest BCUT2D eigenvalue weighted by molar-refractivity contribution is -0.0739. The largest absolute Gasteiger partial charge is 0.378 e. The normalized spacial score (nSPS) is 21.0. The van der Waals surface area contributed by atoms with Crippen LogP contribution in [0, 0.1) is 5.41 Å². The maximum absolute atomic E-state index is 5.24. The third-order valence-electron chi connectivity index (χ3n) is 3.09. The number of hydrogen-bond donors (Lipinski definition) is 0. The summed E-state index contributed by atoms with van der Waals surface area (Å²) in [6.45, 7) is 11.1. The number of ether oxygens (including phenoxy) is 1. The van der Waals surface area contributed by atoms with E-state index in [1.54, 1.807) is 0 Å². The lowest BCUT2D eigenvalue weighted by Gasteiger charge is -2.41. The fraction of sp³-hybridized carbons (Fsp3) is 1.00. The lowest BCUT2D eigenvalue weighted by atomic mass is 9.86. The van der Waals surface area contributed by atoms with Crippen molar-refractivity contribution in [3.8, 4) is 0 Å². The summed E-state index contributed by atoms with van der Waals surface area (Å²) in [5.74, 6) is 0. The van der Waals surface area contributed by atoms with Gasteiger partial charge in [-0.25, -0.2) is 0 Å². The van der Waals surface area contributed by atoms with Gasteiger partial charge in [0.15, 0.2) is 0 Å². The Hall–Kier alpha value is -0.0800. The molecule has 14 heavy (non-hydrogen) atoms. The summed E-state index contributed by atoms with van der Waals surface area (Å²) in [7, 11) is 2.24. The molecule has 1 aliphatic heterocycles. The lowest BCUT2D eigenvalue weighted by Crippen LogP contribution is -2.51. The molecule has 1 atom stereocenters. The van der Waals surface area contributed by atoms with Crippen molar-refractivity contribution in [2.45, 2.75) is 52.6 Å². The molecule has 1 fully saturated rings. The van der Waals surface area contributed by atoms with E-state index in [0.29, 0.717) is 17.5 Å². The summed E-state index contributed by atoms with van der Waals surface area (Å²) in [4.78, 5) is 2.51. The monoisotopic (exact) mass is 199 g/mol. The summed E-state index contributed by atoms with van der Waals surface area (Å²) < 4.78 is 5.24. The number of hydrogen-bond acceptors (Lipinski definition) is 2. The van der Waals surface area contributed by atoms with E-state index in [2.05, 4.69) is 39.6 Å². The highest BCUT2D eigenvalue weighted by molar-refractivity contribution is 4.82. The standard InChI is InChI=1S/C12H25NO/c1-6-10(7-12(2,3)4)13(5)11-8-14-9-11/h10-11H,6-9H2,1-5H3/t10-/m0/s1. The van der Waals surface area contributed by atoms with Crippen LogP contribution in [-0.2, 0) is 4.74 Å². The molecule has 84 valence electrons. The van der Waals surface area contributed by atoms with Crippen LogP contribution in [0.15, 0.2) is 0 Å². The van der Waals surface area contributed by atoms with Gasteiger partial charge < -0.3 is 4.74 Å². The fourth-order valence-corrected chi connectivity index (χ4v) is 2.04. The second kappa shape index (κ2) is 4.63. The van der Waals surface area contributed by atoms with Crippen LogP contribution in [0.1, 0.15) is 40.5 Å². The van der Waals surface area contributed by atoms with Gasteiger partial charge in [0.05, 0.1) is 19.3 Å². The third-order valence-corrected chi connectivity index (χ3v) is 3.09. The molecular formula is C12H25NO. The zero-order chi connectivity index (χ0) is 10.8. The first kappa shape index (κ1) is 12.0. The highest BCUT2D eigenvalue weighted by Crippen LogP contribution is 2.26. The third kappa shape index (κ3) is 3.25. The molecule has 0 saturated carbocycles. The highest BCUT2D eigenvalue weighted by Gasteiger charge is 2.29.